The molecule has 0 unspecified atom stereocenters. The van der Waals surface area contributed by atoms with Crippen LogP contribution in [0.3, 0.4) is 0 Å². The van der Waals surface area contributed by atoms with Gasteiger partial charge in [0, 0.05) is 40.5 Å². The Balaban J connectivity index is 0.993. The molecule has 14 rings (SSSR count). The van der Waals surface area contributed by atoms with Crippen LogP contribution < -0.4 is 9.80 Å². The minimum Gasteiger partial charge on any atom is -0.310 e. The molecular weight excluding hydrogens is 875 g/mol. The zero-order chi connectivity index (χ0) is 48.0. The molecule has 3 aliphatic rings. The second-order valence-electron chi connectivity index (χ2n) is 19.3. The Morgan fingerprint density at radius 2 is 0.694 bits per heavy atom. The van der Waals surface area contributed by atoms with Gasteiger partial charge in [0.25, 0.3) is 0 Å². The quantitative estimate of drug-likeness (QED) is 0.172. The van der Waals surface area contributed by atoms with Crippen LogP contribution in [-0.2, 0) is 10.8 Å². The highest BCUT2D eigenvalue weighted by Crippen LogP contribution is 2.68. The summed E-state index contributed by atoms with van der Waals surface area (Å²) >= 11 is 0. The van der Waals surface area contributed by atoms with Crippen LogP contribution in [0.15, 0.2) is 249 Å². The standard InChI is InChI=1S/C67H47N5/c1-44-29-35-63-57(41-44)67(58-42-45(2)30-36-64(58)72(63)50-33-31-48(32-34-50)65-69-59(46-17-5-3-6-18-46)43-60(70-65)47-37-39-68-40-38-47)53-23-11-9-21-51(53)66(52-22-10-12-24-54(52)67)55-25-13-15-27-61(55)71(49-19-7-4-8-20-49)62-28-16-14-26-56(62)66/h3-43H,1-2H3. The van der Waals surface area contributed by atoms with Crippen molar-refractivity contribution in [3.63, 3.8) is 0 Å². The summed E-state index contributed by atoms with van der Waals surface area (Å²) in [4.78, 5) is 19.5. The molecule has 0 fully saturated rings. The van der Waals surface area contributed by atoms with Gasteiger partial charge in [-0.25, -0.2) is 9.97 Å². The average Bonchev–Trinajstić information content (AvgIpc) is 3.45. The predicted octanol–water partition coefficient (Wildman–Crippen LogP) is 16.1. The lowest BCUT2D eigenvalue weighted by Crippen LogP contribution is -2.49. The number of rotatable bonds is 5. The van der Waals surface area contributed by atoms with Crippen LogP contribution in [0.4, 0.5) is 34.1 Å². The van der Waals surface area contributed by atoms with Crippen LogP contribution in [-0.4, -0.2) is 15.0 Å². The van der Waals surface area contributed by atoms with Crippen molar-refractivity contribution in [3.05, 3.63) is 305 Å². The van der Waals surface area contributed by atoms with Crippen molar-refractivity contribution in [3.8, 4) is 33.9 Å². The summed E-state index contributed by atoms with van der Waals surface area (Å²) in [6, 6.07) is 87.1. The van der Waals surface area contributed by atoms with E-state index in [9.17, 15) is 0 Å². The van der Waals surface area contributed by atoms with E-state index in [0.29, 0.717) is 5.82 Å². The van der Waals surface area contributed by atoms with Crippen molar-refractivity contribution in [2.24, 2.45) is 0 Å². The molecule has 72 heavy (non-hydrogen) atoms. The molecular formula is C67H47N5. The molecule has 9 aromatic carbocycles. The molecule has 0 radical (unpaired) electrons. The Morgan fingerprint density at radius 3 is 1.19 bits per heavy atom. The fourth-order valence-electron chi connectivity index (χ4n) is 12.4. The number of nitrogens with zero attached hydrogens (tertiary/aromatic N) is 5. The van der Waals surface area contributed by atoms with Gasteiger partial charge >= 0.3 is 0 Å². The van der Waals surface area contributed by atoms with Crippen LogP contribution in [0.2, 0.25) is 0 Å². The minimum atomic E-state index is -0.687. The summed E-state index contributed by atoms with van der Waals surface area (Å²) < 4.78 is 0. The molecule has 11 aromatic rings. The number of hydrogen-bond donors (Lipinski definition) is 0. The van der Waals surface area contributed by atoms with E-state index in [1.54, 1.807) is 0 Å². The molecule has 5 nitrogen and oxygen atoms in total. The van der Waals surface area contributed by atoms with Crippen molar-refractivity contribution in [2.45, 2.75) is 24.7 Å². The summed E-state index contributed by atoms with van der Waals surface area (Å²) in [6.45, 7) is 4.47. The third-order valence-electron chi connectivity index (χ3n) is 15.3. The maximum atomic E-state index is 5.17. The maximum absolute atomic E-state index is 5.17. The molecule has 0 atom stereocenters. The number of pyridine rings is 1. The zero-order valence-electron chi connectivity index (χ0n) is 39.9. The highest BCUT2D eigenvalue weighted by Gasteiger charge is 2.59. The first-order valence-corrected chi connectivity index (χ1v) is 24.8. The van der Waals surface area contributed by atoms with Gasteiger partial charge in [-0.05, 0) is 137 Å². The summed E-state index contributed by atoms with van der Waals surface area (Å²) in [5.74, 6) is 0.668. The van der Waals surface area contributed by atoms with Gasteiger partial charge in [0.05, 0.1) is 45.0 Å². The van der Waals surface area contributed by atoms with Crippen molar-refractivity contribution >= 4 is 34.1 Å². The number of aromatic nitrogens is 3. The Morgan fingerprint density at radius 1 is 0.306 bits per heavy atom. The van der Waals surface area contributed by atoms with E-state index in [0.717, 1.165) is 50.8 Å². The van der Waals surface area contributed by atoms with Crippen LogP contribution in [0.5, 0.6) is 0 Å². The van der Waals surface area contributed by atoms with E-state index in [-0.39, 0.29) is 0 Å². The molecule has 5 heteroatoms. The fourth-order valence-corrected chi connectivity index (χ4v) is 12.4. The van der Waals surface area contributed by atoms with Crippen LogP contribution in [0, 0.1) is 13.8 Å². The van der Waals surface area contributed by atoms with E-state index in [1.807, 2.05) is 30.6 Å². The van der Waals surface area contributed by atoms with E-state index < -0.39 is 10.8 Å². The summed E-state index contributed by atoms with van der Waals surface area (Å²) in [6.07, 6.45) is 3.62. The number of aryl methyl sites for hydroxylation is 2. The SMILES string of the molecule is Cc1ccc2c(c1)C1(c3cc(C)ccc3N2c2ccc(-c3nc(-c4ccccc4)cc(-c4ccncc4)n3)cc2)c2ccccc2C2(c3ccccc3N(c3ccccc3)c3ccccc32)c2ccccc21. The molecule has 2 aromatic heterocycles. The Kier molecular flexibility index (Phi) is 9.39. The van der Waals surface area contributed by atoms with E-state index in [4.69, 9.17) is 9.97 Å². The van der Waals surface area contributed by atoms with Gasteiger partial charge in [-0.3, -0.25) is 4.98 Å². The van der Waals surface area contributed by atoms with Crippen molar-refractivity contribution < 1.29 is 0 Å². The molecule has 1 aliphatic carbocycles. The lowest BCUT2D eigenvalue weighted by Gasteiger charge is -2.56. The van der Waals surface area contributed by atoms with Crippen molar-refractivity contribution in [2.75, 3.05) is 9.80 Å². The van der Waals surface area contributed by atoms with Gasteiger partial charge in [0.15, 0.2) is 5.82 Å². The topological polar surface area (TPSA) is 45.2 Å². The van der Waals surface area contributed by atoms with E-state index >= 15 is 0 Å². The number of hydrogen-bond acceptors (Lipinski definition) is 5. The van der Waals surface area contributed by atoms with Gasteiger partial charge in [-0.1, -0.05) is 169 Å². The third-order valence-corrected chi connectivity index (χ3v) is 15.3. The molecule has 0 saturated heterocycles. The summed E-state index contributed by atoms with van der Waals surface area (Å²) in [5.41, 5.74) is 22.8. The number of para-hydroxylation sites is 3. The Labute approximate surface area is 420 Å². The van der Waals surface area contributed by atoms with Crippen LogP contribution in [0.25, 0.3) is 33.9 Å². The second kappa shape index (κ2) is 16.2. The number of benzene rings is 9. The minimum absolute atomic E-state index is 0.644. The van der Waals surface area contributed by atoms with Crippen molar-refractivity contribution in [1.29, 1.82) is 0 Å². The largest absolute Gasteiger partial charge is 0.310 e. The second-order valence-corrected chi connectivity index (χ2v) is 19.3. The van der Waals surface area contributed by atoms with Gasteiger partial charge in [-0.2, -0.15) is 0 Å². The first kappa shape index (κ1) is 41.8. The van der Waals surface area contributed by atoms with E-state index in [1.165, 1.54) is 67.0 Å². The molecule has 0 amide bonds. The van der Waals surface area contributed by atoms with Gasteiger partial charge in [-0.15, -0.1) is 0 Å². The summed E-state index contributed by atoms with van der Waals surface area (Å²) in [7, 11) is 0. The average molecular weight is 922 g/mol. The van der Waals surface area contributed by atoms with Crippen molar-refractivity contribution in [1.82, 2.24) is 15.0 Å². The molecule has 340 valence electrons. The lowest BCUT2D eigenvalue weighted by atomic mass is 9.49. The van der Waals surface area contributed by atoms with Gasteiger partial charge < -0.3 is 9.80 Å². The molecule has 2 aliphatic heterocycles. The normalized spacial score (nSPS) is 14.1. The van der Waals surface area contributed by atoms with E-state index in [2.05, 4.69) is 247 Å². The summed E-state index contributed by atoms with van der Waals surface area (Å²) in [5, 5.41) is 0. The van der Waals surface area contributed by atoms with Gasteiger partial charge in [0.1, 0.15) is 0 Å². The Hall–Kier alpha value is -9.19. The first-order valence-electron chi connectivity index (χ1n) is 24.8. The number of anilines is 6. The highest BCUT2D eigenvalue weighted by atomic mass is 15.2. The third kappa shape index (κ3) is 5.97. The fraction of sp³-hybridized carbons (Fsp3) is 0.0597. The molecule has 0 saturated carbocycles. The van der Waals surface area contributed by atoms with Crippen LogP contribution in [0.1, 0.15) is 55.6 Å². The highest BCUT2D eigenvalue weighted by molar-refractivity contribution is 5.95. The first-order chi connectivity index (χ1) is 35.5. The molecule has 0 bridgehead atoms. The van der Waals surface area contributed by atoms with Gasteiger partial charge in [0.2, 0.25) is 0 Å². The molecule has 0 N–H and O–H groups in total. The Bertz CT molecular complexity index is 3690. The molecule has 2 spiro atoms. The maximum Gasteiger partial charge on any atom is 0.160 e. The monoisotopic (exact) mass is 921 g/mol. The van der Waals surface area contributed by atoms with Crippen LogP contribution >= 0.6 is 0 Å². The zero-order valence-corrected chi connectivity index (χ0v) is 39.9. The predicted molar refractivity (Wildman–Crippen MR) is 292 cm³/mol. The smallest absolute Gasteiger partial charge is 0.160 e. The lowest BCUT2D eigenvalue weighted by molar-refractivity contribution is 0.607. The number of fused-ring (bicyclic) bond motifs is 14. The molecule has 4 heterocycles.